The fourth-order valence-electron chi connectivity index (χ4n) is 3.02. The van der Waals surface area contributed by atoms with E-state index in [0.717, 1.165) is 22.4 Å². The van der Waals surface area contributed by atoms with Crippen LogP contribution < -0.4 is 4.74 Å². The summed E-state index contributed by atoms with van der Waals surface area (Å²) in [4.78, 5) is 0.334. The predicted octanol–water partition coefficient (Wildman–Crippen LogP) is 4.40. The Morgan fingerprint density at radius 1 is 1.20 bits per heavy atom. The molecule has 0 N–H and O–H groups in total. The molecule has 4 nitrogen and oxygen atoms in total. The zero-order chi connectivity index (χ0) is 18.2. The van der Waals surface area contributed by atoms with Crippen LogP contribution >= 0.6 is 23.4 Å². The number of methoxy groups -OCH3 is 1. The Morgan fingerprint density at radius 2 is 1.96 bits per heavy atom. The molecule has 1 aliphatic heterocycles. The molecule has 0 bridgehead atoms. The first-order chi connectivity index (χ1) is 11.9. The summed E-state index contributed by atoms with van der Waals surface area (Å²) in [7, 11) is -2.03. The van der Waals surface area contributed by atoms with Gasteiger partial charge >= 0.3 is 0 Å². The van der Waals surface area contributed by atoms with Gasteiger partial charge in [0.1, 0.15) is 5.75 Å². The van der Waals surface area contributed by atoms with E-state index in [1.54, 1.807) is 41.4 Å². The highest BCUT2D eigenvalue weighted by Gasteiger charge is 2.37. The summed E-state index contributed by atoms with van der Waals surface area (Å²) in [6.07, 6.45) is 0. The number of thioether (sulfide) groups is 1. The van der Waals surface area contributed by atoms with Crippen molar-refractivity contribution in [3.63, 3.8) is 0 Å². The van der Waals surface area contributed by atoms with E-state index in [9.17, 15) is 8.42 Å². The largest absolute Gasteiger partial charge is 0.496 e. The van der Waals surface area contributed by atoms with Gasteiger partial charge in [0.25, 0.3) is 0 Å². The zero-order valence-electron chi connectivity index (χ0n) is 14.3. The second kappa shape index (κ2) is 7.19. The Labute approximate surface area is 158 Å². The van der Waals surface area contributed by atoms with Crippen molar-refractivity contribution in [2.75, 3.05) is 19.4 Å². The maximum Gasteiger partial charge on any atom is 0.244 e. The second-order valence-electron chi connectivity index (χ2n) is 5.91. The van der Waals surface area contributed by atoms with Gasteiger partial charge in [-0.05, 0) is 54.8 Å². The van der Waals surface area contributed by atoms with Crippen LogP contribution in [0.1, 0.15) is 22.1 Å². The number of hydrogen-bond donors (Lipinski definition) is 0. The lowest BCUT2D eigenvalue weighted by atomic mass is 10.1. The highest BCUT2D eigenvalue weighted by molar-refractivity contribution is 8.01. The molecule has 3 rings (SSSR count). The average molecular weight is 398 g/mol. The van der Waals surface area contributed by atoms with Gasteiger partial charge in [-0.25, -0.2) is 8.42 Å². The lowest BCUT2D eigenvalue weighted by Gasteiger charge is -2.25. The monoisotopic (exact) mass is 397 g/mol. The van der Waals surface area contributed by atoms with E-state index >= 15 is 0 Å². The Kier molecular flexibility index (Phi) is 5.34. The molecular weight excluding hydrogens is 378 g/mol. The molecule has 1 atom stereocenters. The number of sulfonamides is 1. The molecule has 7 heteroatoms. The van der Waals surface area contributed by atoms with Crippen molar-refractivity contribution in [1.29, 1.82) is 0 Å². The van der Waals surface area contributed by atoms with Crippen molar-refractivity contribution < 1.29 is 13.2 Å². The van der Waals surface area contributed by atoms with E-state index in [1.165, 1.54) is 0 Å². The molecule has 1 saturated heterocycles. The van der Waals surface area contributed by atoms with Gasteiger partial charge in [-0.3, -0.25) is 0 Å². The van der Waals surface area contributed by atoms with Crippen LogP contribution in [-0.2, 0) is 10.0 Å². The third kappa shape index (κ3) is 3.40. The number of halogens is 1. The molecule has 0 spiro atoms. The van der Waals surface area contributed by atoms with Gasteiger partial charge in [0.15, 0.2) is 0 Å². The maximum absolute atomic E-state index is 13.3. The fourth-order valence-corrected chi connectivity index (χ4v) is 6.73. The number of ether oxygens (including phenoxy) is 1. The van der Waals surface area contributed by atoms with Crippen molar-refractivity contribution in [3.8, 4) is 5.75 Å². The second-order valence-corrected chi connectivity index (χ2v) is 9.39. The fraction of sp³-hybridized carbons (Fsp3) is 0.333. The van der Waals surface area contributed by atoms with Crippen LogP contribution in [0, 0.1) is 13.8 Å². The van der Waals surface area contributed by atoms with E-state index in [2.05, 4.69) is 0 Å². The normalized spacial score (nSPS) is 18.5. The van der Waals surface area contributed by atoms with Crippen LogP contribution in [-0.4, -0.2) is 32.1 Å². The summed E-state index contributed by atoms with van der Waals surface area (Å²) in [5.74, 6) is 1.45. The molecule has 2 aromatic carbocycles. The van der Waals surface area contributed by atoms with Crippen molar-refractivity contribution in [3.05, 3.63) is 58.1 Å². The van der Waals surface area contributed by atoms with Crippen LogP contribution in [0.15, 0.2) is 41.3 Å². The van der Waals surface area contributed by atoms with Crippen molar-refractivity contribution in [2.45, 2.75) is 24.1 Å². The predicted molar refractivity (Wildman–Crippen MR) is 103 cm³/mol. The number of benzene rings is 2. The number of nitrogens with zero attached hydrogens (tertiary/aromatic N) is 1. The zero-order valence-corrected chi connectivity index (χ0v) is 16.7. The molecule has 134 valence electrons. The minimum atomic E-state index is -3.61. The van der Waals surface area contributed by atoms with E-state index in [4.69, 9.17) is 16.3 Å². The number of rotatable bonds is 4. The van der Waals surface area contributed by atoms with Gasteiger partial charge in [0, 0.05) is 17.3 Å². The minimum Gasteiger partial charge on any atom is -0.496 e. The number of hydrogen-bond acceptors (Lipinski definition) is 4. The van der Waals surface area contributed by atoms with Crippen LogP contribution in [0.3, 0.4) is 0 Å². The van der Waals surface area contributed by atoms with Crippen molar-refractivity contribution >= 4 is 33.4 Å². The highest BCUT2D eigenvalue weighted by atomic mass is 35.5. The Bertz CT molecular complexity index is 899. The molecule has 0 aromatic heterocycles. The summed E-state index contributed by atoms with van der Waals surface area (Å²) < 4.78 is 33.5. The van der Waals surface area contributed by atoms with Crippen molar-refractivity contribution in [2.24, 2.45) is 0 Å². The van der Waals surface area contributed by atoms with Gasteiger partial charge in [-0.2, -0.15) is 4.31 Å². The van der Waals surface area contributed by atoms with Crippen LogP contribution in [0.4, 0.5) is 0 Å². The molecule has 1 fully saturated rings. The van der Waals surface area contributed by atoms with Crippen LogP contribution in [0.25, 0.3) is 0 Å². The topological polar surface area (TPSA) is 46.6 Å². The molecule has 1 heterocycles. The molecule has 1 unspecified atom stereocenters. The summed E-state index contributed by atoms with van der Waals surface area (Å²) >= 11 is 7.71. The summed E-state index contributed by atoms with van der Waals surface area (Å²) in [5, 5.41) is 0.351. The lowest BCUT2D eigenvalue weighted by Crippen LogP contribution is -2.31. The van der Waals surface area contributed by atoms with Gasteiger partial charge in [-0.15, -0.1) is 11.8 Å². The SMILES string of the molecule is COc1ccc(S(=O)(=O)N2CCSC2c2cccc(Cl)c2)c(C)c1C. The summed E-state index contributed by atoms with van der Waals surface area (Å²) in [6, 6.07) is 10.7. The third-order valence-corrected chi connectivity index (χ3v) is 8.12. The van der Waals surface area contributed by atoms with Gasteiger partial charge in [-0.1, -0.05) is 23.7 Å². The Balaban J connectivity index is 2.03. The summed E-state index contributed by atoms with van der Waals surface area (Å²) in [5.41, 5.74) is 2.47. The lowest BCUT2D eigenvalue weighted by molar-refractivity contribution is 0.410. The Morgan fingerprint density at radius 3 is 2.64 bits per heavy atom. The molecule has 0 aliphatic carbocycles. The van der Waals surface area contributed by atoms with Crippen LogP contribution in [0.5, 0.6) is 5.75 Å². The highest BCUT2D eigenvalue weighted by Crippen LogP contribution is 2.42. The average Bonchev–Trinajstić information content (AvgIpc) is 3.07. The van der Waals surface area contributed by atoms with E-state index in [-0.39, 0.29) is 5.37 Å². The molecule has 1 aliphatic rings. The standard InChI is InChI=1S/C18H20ClNO3S2/c1-12-13(2)17(8-7-16(12)23-3)25(21,22)20-9-10-24-18(20)14-5-4-6-15(19)11-14/h4-8,11,18H,9-10H2,1-3H3. The van der Waals surface area contributed by atoms with Gasteiger partial charge in [0.05, 0.1) is 17.4 Å². The first kappa shape index (κ1) is 18.6. The van der Waals surface area contributed by atoms with E-state index in [1.807, 2.05) is 32.0 Å². The summed E-state index contributed by atoms with van der Waals surface area (Å²) in [6.45, 7) is 4.18. The van der Waals surface area contributed by atoms with E-state index < -0.39 is 10.0 Å². The molecule has 25 heavy (non-hydrogen) atoms. The molecule has 2 aromatic rings. The van der Waals surface area contributed by atoms with Gasteiger partial charge in [0.2, 0.25) is 10.0 Å². The van der Waals surface area contributed by atoms with Crippen LogP contribution in [0.2, 0.25) is 5.02 Å². The third-order valence-electron chi connectivity index (χ3n) is 4.48. The first-order valence-electron chi connectivity index (χ1n) is 7.89. The molecule has 0 saturated carbocycles. The Hall–Kier alpha value is -1.21. The quantitative estimate of drug-likeness (QED) is 0.767. The van der Waals surface area contributed by atoms with Gasteiger partial charge < -0.3 is 4.74 Å². The molecule has 0 amide bonds. The first-order valence-corrected chi connectivity index (χ1v) is 10.8. The minimum absolute atomic E-state index is 0.259. The van der Waals surface area contributed by atoms with Crippen molar-refractivity contribution in [1.82, 2.24) is 4.31 Å². The van der Waals surface area contributed by atoms with E-state index in [0.29, 0.717) is 22.2 Å². The molecule has 0 radical (unpaired) electrons. The smallest absolute Gasteiger partial charge is 0.244 e. The maximum atomic E-state index is 13.3. The molecular formula is C18H20ClNO3S2.